The number of carboxylic acid groups (broad SMARTS) is 1. The summed E-state index contributed by atoms with van der Waals surface area (Å²) in [6.45, 7) is 1.66. The number of carbonyl (C=O) groups is 3. The molecule has 0 fully saturated rings. The van der Waals surface area contributed by atoms with Gasteiger partial charge in [-0.15, -0.1) is 0 Å². The Morgan fingerprint density at radius 3 is 2.27 bits per heavy atom. The number of rotatable bonds is 6. The van der Waals surface area contributed by atoms with Crippen LogP contribution in [0.2, 0.25) is 0 Å². The zero-order valence-electron chi connectivity index (χ0n) is 8.40. The topological polar surface area (TPSA) is 136 Å². The van der Waals surface area contributed by atoms with E-state index in [0.717, 1.165) is 0 Å². The van der Waals surface area contributed by atoms with Gasteiger partial charge in [-0.3, -0.25) is 9.59 Å². The second kappa shape index (κ2) is 5.97. The minimum atomic E-state index is -1.30. The number of primary amides is 1. The van der Waals surface area contributed by atoms with E-state index < -0.39 is 36.2 Å². The van der Waals surface area contributed by atoms with Crippen LogP contribution in [0.1, 0.15) is 13.3 Å². The van der Waals surface area contributed by atoms with Gasteiger partial charge in [0, 0.05) is 12.5 Å². The second-order valence-electron chi connectivity index (χ2n) is 3.21. The normalized spacial score (nSPS) is 14.0. The third-order valence-corrected chi connectivity index (χ3v) is 1.82. The lowest BCUT2D eigenvalue weighted by molar-refractivity contribution is -0.143. The molecule has 86 valence electrons. The van der Waals surface area contributed by atoms with Gasteiger partial charge in [-0.2, -0.15) is 0 Å². The summed E-state index contributed by atoms with van der Waals surface area (Å²) >= 11 is 0. The Morgan fingerprint density at radius 2 is 1.93 bits per heavy atom. The molecule has 0 aromatic rings. The SMILES string of the molecule is CC(CN)C(=O)NC(CC(N)=O)C(=O)O. The zero-order valence-corrected chi connectivity index (χ0v) is 8.40. The van der Waals surface area contributed by atoms with Gasteiger partial charge in [0.25, 0.3) is 0 Å². The molecule has 6 N–H and O–H groups in total. The predicted molar refractivity (Wildman–Crippen MR) is 51.6 cm³/mol. The van der Waals surface area contributed by atoms with Gasteiger partial charge < -0.3 is 21.9 Å². The lowest BCUT2D eigenvalue weighted by atomic mass is 10.1. The average molecular weight is 217 g/mol. The highest BCUT2D eigenvalue weighted by molar-refractivity contribution is 5.88. The molecule has 0 saturated heterocycles. The van der Waals surface area contributed by atoms with Crippen LogP contribution in [0.4, 0.5) is 0 Å². The van der Waals surface area contributed by atoms with Crippen molar-refractivity contribution in [2.24, 2.45) is 17.4 Å². The number of nitrogens with two attached hydrogens (primary N) is 2. The molecule has 0 aliphatic rings. The van der Waals surface area contributed by atoms with Gasteiger partial charge in [-0.05, 0) is 0 Å². The molecule has 0 heterocycles. The Bertz CT molecular complexity index is 267. The average Bonchev–Trinajstić information content (AvgIpc) is 2.14. The van der Waals surface area contributed by atoms with E-state index in [1.54, 1.807) is 6.92 Å². The lowest BCUT2D eigenvalue weighted by Crippen LogP contribution is -2.46. The molecule has 2 atom stereocenters. The Hall–Kier alpha value is -1.63. The van der Waals surface area contributed by atoms with Gasteiger partial charge >= 0.3 is 5.97 Å². The van der Waals surface area contributed by atoms with E-state index >= 15 is 0 Å². The summed E-state index contributed by atoms with van der Waals surface area (Å²) in [5.74, 6) is -3.10. The van der Waals surface area contributed by atoms with E-state index in [0.29, 0.717) is 0 Å². The van der Waals surface area contributed by atoms with E-state index in [4.69, 9.17) is 16.6 Å². The van der Waals surface area contributed by atoms with Crippen LogP contribution in [0.25, 0.3) is 0 Å². The number of aliphatic carboxylic acids is 1. The van der Waals surface area contributed by atoms with Gasteiger partial charge in [0.15, 0.2) is 0 Å². The van der Waals surface area contributed by atoms with Crippen LogP contribution in [-0.2, 0) is 14.4 Å². The number of hydrogen-bond donors (Lipinski definition) is 4. The Labute approximate surface area is 86.8 Å². The van der Waals surface area contributed by atoms with E-state index in [2.05, 4.69) is 5.32 Å². The number of carbonyl (C=O) groups excluding carboxylic acids is 2. The van der Waals surface area contributed by atoms with Crippen molar-refractivity contribution in [1.82, 2.24) is 5.32 Å². The minimum absolute atomic E-state index is 0.106. The summed E-state index contributed by atoms with van der Waals surface area (Å²) in [6.07, 6.45) is -0.432. The van der Waals surface area contributed by atoms with Crippen LogP contribution < -0.4 is 16.8 Å². The maximum Gasteiger partial charge on any atom is 0.326 e. The highest BCUT2D eigenvalue weighted by Gasteiger charge is 2.23. The molecule has 0 radical (unpaired) electrons. The maximum absolute atomic E-state index is 11.3. The van der Waals surface area contributed by atoms with Crippen molar-refractivity contribution in [3.8, 4) is 0 Å². The largest absolute Gasteiger partial charge is 0.480 e. The molecule has 0 aromatic carbocycles. The summed E-state index contributed by atoms with van der Waals surface area (Å²) < 4.78 is 0. The summed E-state index contributed by atoms with van der Waals surface area (Å²) in [5, 5.41) is 10.9. The molecule has 0 saturated carbocycles. The van der Waals surface area contributed by atoms with Crippen molar-refractivity contribution < 1.29 is 19.5 Å². The van der Waals surface area contributed by atoms with Crippen molar-refractivity contribution in [2.75, 3.05) is 6.54 Å². The molecule has 0 rings (SSSR count). The Morgan fingerprint density at radius 1 is 1.40 bits per heavy atom. The first-order chi connectivity index (χ1) is 6.88. The van der Waals surface area contributed by atoms with Crippen molar-refractivity contribution in [2.45, 2.75) is 19.4 Å². The molecule has 0 aromatic heterocycles. The van der Waals surface area contributed by atoms with E-state index in [-0.39, 0.29) is 6.54 Å². The van der Waals surface area contributed by atoms with E-state index in [1.165, 1.54) is 0 Å². The van der Waals surface area contributed by atoms with Crippen LogP contribution in [0, 0.1) is 5.92 Å². The van der Waals surface area contributed by atoms with Gasteiger partial charge in [-0.1, -0.05) is 6.92 Å². The lowest BCUT2D eigenvalue weighted by Gasteiger charge is -2.15. The standard InChI is InChI=1S/C8H15N3O4/c1-4(3-9)7(13)11-5(8(14)15)2-6(10)12/h4-5H,2-3,9H2,1H3,(H2,10,12)(H,11,13)(H,14,15). The summed E-state index contributed by atoms with van der Waals surface area (Å²) in [7, 11) is 0. The van der Waals surface area contributed by atoms with Gasteiger partial charge in [0.2, 0.25) is 11.8 Å². The highest BCUT2D eigenvalue weighted by Crippen LogP contribution is 1.96. The summed E-state index contributed by atoms with van der Waals surface area (Å²) in [5.41, 5.74) is 10.1. The first-order valence-corrected chi connectivity index (χ1v) is 4.40. The molecular weight excluding hydrogens is 202 g/mol. The van der Waals surface area contributed by atoms with E-state index in [9.17, 15) is 14.4 Å². The predicted octanol–water partition coefficient (Wildman–Crippen LogP) is -1.97. The monoisotopic (exact) mass is 217 g/mol. The highest BCUT2D eigenvalue weighted by atomic mass is 16.4. The van der Waals surface area contributed by atoms with Crippen molar-refractivity contribution >= 4 is 17.8 Å². The molecule has 7 nitrogen and oxygen atoms in total. The fourth-order valence-electron chi connectivity index (χ4n) is 0.822. The number of amides is 2. The fraction of sp³-hybridized carbons (Fsp3) is 0.625. The van der Waals surface area contributed by atoms with Crippen molar-refractivity contribution in [1.29, 1.82) is 0 Å². The number of hydrogen-bond acceptors (Lipinski definition) is 4. The molecule has 0 aliphatic carbocycles. The molecule has 15 heavy (non-hydrogen) atoms. The van der Waals surface area contributed by atoms with Crippen LogP contribution in [0.15, 0.2) is 0 Å². The van der Waals surface area contributed by atoms with Crippen molar-refractivity contribution in [3.05, 3.63) is 0 Å². The van der Waals surface area contributed by atoms with Crippen molar-refractivity contribution in [3.63, 3.8) is 0 Å². The van der Waals surface area contributed by atoms with Crippen LogP contribution in [-0.4, -0.2) is 35.5 Å². The number of nitrogens with one attached hydrogen (secondary N) is 1. The summed E-state index contributed by atoms with van der Waals surface area (Å²) in [6, 6.07) is -1.29. The molecule has 2 unspecified atom stereocenters. The van der Waals surface area contributed by atoms with Crippen LogP contribution >= 0.6 is 0 Å². The van der Waals surface area contributed by atoms with E-state index in [1.807, 2.05) is 0 Å². The molecule has 0 aliphatic heterocycles. The quantitative estimate of drug-likeness (QED) is 0.409. The molecular formula is C8H15N3O4. The maximum atomic E-state index is 11.3. The summed E-state index contributed by atoms with van der Waals surface area (Å²) in [4.78, 5) is 32.4. The molecule has 2 amide bonds. The second-order valence-corrected chi connectivity index (χ2v) is 3.21. The third-order valence-electron chi connectivity index (χ3n) is 1.82. The number of carboxylic acids is 1. The first-order valence-electron chi connectivity index (χ1n) is 4.40. The Kier molecular flexibility index (Phi) is 5.32. The third kappa shape index (κ3) is 4.96. The first kappa shape index (κ1) is 13.4. The Balaban J connectivity index is 4.35. The smallest absolute Gasteiger partial charge is 0.326 e. The zero-order chi connectivity index (χ0) is 12.0. The van der Waals surface area contributed by atoms with Gasteiger partial charge in [0.05, 0.1) is 6.42 Å². The van der Waals surface area contributed by atoms with Gasteiger partial charge in [0.1, 0.15) is 6.04 Å². The van der Waals surface area contributed by atoms with Crippen LogP contribution in [0.3, 0.4) is 0 Å². The van der Waals surface area contributed by atoms with Crippen LogP contribution in [0.5, 0.6) is 0 Å². The molecule has 0 spiro atoms. The van der Waals surface area contributed by atoms with Gasteiger partial charge in [-0.25, -0.2) is 4.79 Å². The molecule has 0 bridgehead atoms. The minimum Gasteiger partial charge on any atom is -0.480 e. The molecule has 7 heteroatoms. The fourth-order valence-corrected chi connectivity index (χ4v) is 0.822.